The van der Waals surface area contributed by atoms with Crippen molar-refractivity contribution >= 4 is 17.7 Å². The lowest BCUT2D eigenvalue weighted by atomic mass is 9.77. The highest BCUT2D eigenvalue weighted by molar-refractivity contribution is 5.92. The number of hydrogen-bond donors (Lipinski definition) is 6. The van der Waals surface area contributed by atoms with Crippen molar-refractivity contribution in [3.8, 4) is 0 Å². The lowest BCUT2D eigenvalue weighted by Crippen LogP contribution is -2.64. The number of rotatable bonds is 7. The minimum absolute atomic E-state index is 0.0222. The highest BCUT2D eigenvalue weighted by Crippen LogP contribution is 2.30. The lowest BCUT2D eigenvalue weighted by Gasteiger charge is -2.41. The van der Waals surface area contributed by atoms with Crippen molar-refractivity contribution < 1.29 is 34.1 Å². The molecule has 0 unspecified atom stereocenters. The van der Waals surface area contributed by atoms with E-state index in [1.807, 2.05) is 13.8 Å². The zero-order valence-corrected chi connectivity index (χ0v) is 15.8. The molecule has 1 aliphatic rings. The molecule has 3 amide bonds. The van der Waals surface area contributed by atoms with Gasteiger partial charge in [-0.15, -0.1) is 0 Å². The van der Waals surface area contributed by atoms with Gasteiger partial charge in [-0.25, -0.2) is 0 Å². The summed E-state index contributed by atoms with van der Waals surface area (Å²) in [7, 11) is 0. The van der Waals surface area contributed by atoms with Gasteiger partial charge in [0.05, 0.1) is 18.4 Å². The smallest absolute Gasteiger partial charge is 0.287 e. The van der Waals surface area contributed by atoms with Gasteiger partial charge in [-0.2, -0.15) is 0 Å². The summed E-state index contributed by atoms with van der Waals surface area (Å²) in [6.07, 6.45) is -2.11. The van der Waals surface area contributed by atoms with Crippen LogP contribution in [0.15, 0.2) is 22.8 Å². The molecule has 28 heavy (non-hydrogen) atoms. The summed E-state index contributed by atoms with van der Waals surface area (Å²) in [4.78, 5) is 36.4. The summed E-state index contributed by atoms with van der Waals surface area (Å²) >= 11 is 0. The number of nitrogens with one attached hydrogen (secondary N) is 2. The summed E-state index contributed by atoms with van der Waals surface area (Å²) in [5, 5.41) is 35.9. The number of primary amides is 1. The van der Waals surface area contributed by atoms with E-state index in [1.54, 1.807) is 0 Å². The predicted octanol–water partition coefficient (Wildman–Crippen LogP) is -1.36. The largest absolute Gasteiger partial charge is 0.459 e. The first-order valence-electron chi connectivity index (χ1n) is 9.06. The molecule has 0 aromatic carbocycles. The SMILES string of the molecule is CC(C)C[C@@H](NC(=O)[C@@]1(O)C[C@@H](O)[C@H](O)[C@@H](NC(=O)c2ccco2)C1)C(N)=O. The number of carbonyl (C=O) groups excluding carboxylic acids is 3. The molecule has 0 bridgehead atoms. The second kappa shape index (κ2) is 8.72. The van der Waals surface area contributed by atoms with Crippen LogP contribution in [0, 0.1) is 5.92 Å². The summed E-state index contributed by atoms with van der Waals surface area (Å²) < 4.78 is 4.96. The molecule has 0 saturated heterocycles. The zero-order chi connectivity index (χ0) is 21.1. The van der Waals surface area contributed by atoms with Crippen LogP contribution in [0.5, 0.6) is 0 Å². The van der Waals surface area contributed by atoms with Crippen LogP contribution in [0.2, 0.25) is 0 Å². The Morgan fingerprint density at radius 2 is 2.00 bits per heavy atom. The van der Waals surface area contributed by atoms with E-state index < -0.39 is 54.0 Å². The van der Waals surface area contributed by atoms with E-state index in [9.17, 15) is 29.7 Å². The molecule has 1 saturated carbocycles. The summed E-state index contributed by atoms with van der Waals surface area (Å²) in [6.45, 7) is 3.69. The van der Waals surface area contributed by atoms with Gasteiger partial charge >= 0.3 is 0 Å². The van der Waals surface area contributed by atoms with Gasteiger partial charge in [-0.05, 0) is 24.5 Å². The molecule has 1 heterocycles. The third-order valence-corrected chi connectivity index (χ3v) is 4.75. The van der Waals surface area contributed by atoms with Crippen LogP contribution in [0.3, 0.4) is 0 Å². The van der Waals surface area contributed by atoms with E-state index in [4.69, 9.17) is 10.2 Å². The van der Waals surface area contributed by atoms with E-state index in [0.717, 1.165) is 0 Å². The van der Waals surface area contributed by atoms with Gasteiger partial charge < -0.3 is 36.1 Å². The van der Waals surface area contributed by atoms with E-state index >= 15 is 0 Å². The Morgan fingerprint density at radius 1 is 1.32 bits per heavy atom. The monoisotopic (exact) mass is 397 g/mol. The average Bonchev–Trinajstić information content (AvgIpc) is 3.12. The second-order valence-electron chi connectivity index (χ2n) is 7.61. The van der Waals surface area contributed by atoms with Crippen molar-refractivity contribution in [2.45, 2.75) is 63.0 Å². The number of aliphatic hydroxyl groups is 3. The Balaban J connectivity index is 2.12. The van der Waals surface area contributed by atoms with Gasteiger partial charge in [0.1, 0.15) is 17.7 Å². The molecule has 0 aliphatic heterocycles. The Bertz CT molecular complexity index is 706. The summed E-state index contributed by atoms with van der Waals surface area (Å²) in [5.41, 5.74) is 3.20. The third kappa shape index (κ3) is 5.09. The minimum Gasteiger partial charge on any atom is -0.459 e. The van der Waals surface area contributed by atoms with Crippen LogP contribution in [0.25, 0.3) is 0 Å². The molecule has 1 aliphatic carbocycles. The van der Waals surface area contributed by atoms with Crippen LogP contribution in [-0.4, -0.2) is 62.9 Å². The van der Waals surface area contributed by atoms with Gasteiger partial charge in [0.2, 0.25) is 5.91 Å². The molecule has 10 nitrogen and oxygen atoms in total. The molecule has 0 radical (unpaired) electrons. The van der Waals surface area contributed by atoms with Crippen LogP contribution in [-0.2, 0) is 9.59 Å². The van der Waals surface area contributed by atoms with E-state index in [1.165, 1.54) is 18.4 Å². The van der Waals surface area contributed by atoms with Crippen molar-refractivity contribution in [1.29, 1.82) is 0 Å². The number of aliphatic hydroxyl groups excluding tert-OH is 2. The predicted molar refractivity (Wildman–Crippen MR) is 96.7 cm³/mol. The van der Waals surface area contributed by atoms with Crippen molar-refractivity contribution in [3.05, 3.63) is 24.2 Å². The molecular weight excluding hydrogens is 370 g/mol. The van der Waals surface area contributed by atoms with E-state index in [2.05, 4.69) is 10.6 Å². The van der Waals surface area contributed by atoms with E-state index in [0.29, 0.717) is 0 Å². The Hall–Kier alpha value is -2.43. The first-order valence-corrected chi connectivity index (χ1v) is 9.06. The Labute approximate surface area is 162 Å². The molecular formula is C18H27N3O7. The normalized spacial score (nSPS) is 28.6. The quantitative estimate of drug-likeness (QED) is 0.329. The fourth-order valence-electron chi connectivity index (χ4n) is 3.28. The van der Waals surface area contributed by atoms with E-state index in [-0.39, 0.29) is 24.5 Å². The molecule has 1 fully saturated rings. The highest BCUT2D eigenvalue weighted by atomic mass is 16.3. The number of furan rings is 1. The second-order valence-corrected chi connectivity index (χ2v) is 7.61. The molecule has 1 aromatic rings. The van der Waals surface area contributed by atoms with Crippen LogP contribution in [0.4, 0.5) is 0 Å². The number of carbonyl (C=O) groups is 3. The standard InChI is InChI=1S/C18H27N3O7/c1-9(2)6-10(15(19)24)21-17(26)18(27)7-11(14(23)12(22)8-18)20-16(25)13-4-3-5-28-13/h3-5,9-12,14,22-23,27H,6-8H2,1-2H3,(H2,19,24)(H,20,25)(H,21,26)/t10-,11+,12-,14-,18+/m1/s1. The number of amides is 3. The summed E-state index contributed by atoms with van der Waals surface area (Å²) in [5.74, 6) is -2.27. The molecule has 2 rings (SSSR count). The van der Waals surface area contributed by atoms with Crippen LogP contribution >= 0.6 is 0 Å². The zero-order valence-electron chi connectivity index (χ0n) is 15.8. The molecule has 5 atom stereocenters. The molecule has 0 spiro atoms. The highest BCUT2D eigenvalue weighted by Gasteiger charge is 2.49. The van der Waals surface area contributed by atoms with Crippen LogP contribution in [0.1, 0.15) is 43.7 Å². The first kappa shape index (κ1) is 21.9. The number of hydrogen-bond acceptors (Lipinski definition) is 7. The van der Waals surface area contributed by atoms with Crippen molar-refractivity contribution in [2.75, 3.05) is 0 Å². The number of nitrogens with two attached hydrogens (primary N) is 1. The van der Waals surface area contributed by atoms with Gasteiger partial charge in [-0.1, -0.05) is 13.8 Å². The third-order valence-electron chi connectivity index (χ3n) is 4.75. The minimum atomic E-state index is -2.11. The Morgan fingerprint density at radius 3 is 2.54 bits per heavy atom. The molecule has 7 N–H and O–H groups in total. The lowest BCUT2D eigenvalue weighted by molar-refractivity contribution is -0.159. The molecule has 1 aromatic heterocycles. The maximum Gasteiger partial charge on any atom is 0.287 e. The van der Waals surface area contributed by atoms with Gasteiger partial charge in [0, 0.05) is 12.8 Å². The molecule has 10 heteroatoms. The fraction of sp³-hybridized carbons (Fsp3) is 0.611. The van der Waals surface area contributed by atoms with Crippen molar-refractivity contribution in [3.63, 3.8) is 0 Å². The molecule has 156 valence electrons. The fourth-order valence-corrected chi connectivity index (χ4v) is 3.28. The maximum absolute atomic E-state index is 12.6. The Kier molecular flexibility index (Phi) is 6.81. The van der Waals surface area contributed by atoms with Crippen LogP contribution < -0.4 is 16.4 Å². The topological polar surface area (TPSA) is 175 Å². The average molecular weight is 397 g/mol. The summed E-state index contributed by atoms with van der Waals surface area (Å²) in [6, 6.07) is 0.804. The van der Waals surface area contributed by atoms with Gasteiger partial charge in [0.15, 0.2) is 5.76 Å². The van der Waals surface area contributed by atoms with Gasteiger partial charge in [0.25, 0.3) is 11.8 Å². The maximum atomic E-state index is 12.6. The van der Waals surface area contributed by atoms with Crippen molar-refractivity contribution in [1.82, 2.24) is 10.6 Å². The van der Waals surface area contributed by atoms with Crippen molar-refractivity contribution in [2.24, 2.45) is 11.7 Å². The van der Waals surface area contributed by atoms with Gasteiger partial charge in [-0.3, -0.25) is 14.4 Å². The first-order chi connectivity index (χ1) is 13.0.